The smallest absolute Gasteiger partial charge is 0.153 e. The van der Waals surface area contributed by atoms with E-state index in [-0.39, 0.29) is 0 Å². The Hall–Kier alpha value is -2.16. The van der Waals surface area contributed by atoms with Gasteiger partial charge in [0.05, 0.1) is 11.3 Å². The second-order valence-corrected chi connectivity index (χ2v) is 3.27. The van der Waals surface area contributed by atoms with Crippen LogP contribution in [-0.4, -0.2) is 11.3 Å². The Kier molecular flexibility index (Phi) is 3.28. The van der Waals surface area contributed by atoms with Crippen LogP contribution in [0.25, 0.3) is 0 Å². The molecule has 0 saturated heterocycles. The highest BCUT2D eigenvalue weighted by Gasteiger charge is 2.01. The maximum atomic E-state index is 10.7. The van der Waals surface area contributed by atoms with E-state index in [0.29, 0.717) is 17.9 Å². The summed E-state index contributed by atoms with van der Waals surface area (Å²) >= 11 is 0. The lowest BCUT2D eigenvalue weighted by atomic mass is 10.2. The van der Waals surface area contributed by atoms with Gasteiger partial charge in [-0.3, -0.25) is 9.78 Å². The lowest BCUT2D eigenvalue weighted by molar-refractivity contribution is 0.111. The lowest BCUT2D eigenvalue weighted by Crippen LogP contribution is -1.99. The Balaban J connectivity index is 2.08. The fourth-order valence-corrected chi connectivity index (χ4v) is 1.34. The summed E-state index contributed by atoms with van der Waals surface area (Å²) in [6.07, 6.45) is 2.50. The van der Waals surface area contributed by atoms with Gasteiger partial charge in [0.2, 0.25) is 0 Å². The second-order valence-electron chi connectivity index (χ2n) is 3.27. The second kappa shape index (κ2) is 5.07. The summed E-state index contributed by atoms with van der Waals surface area (Å²) in [6, 6.07) is 12.8. The van der Waals surface area contributed by atoms with Crippen LogP contribution in [0.1, 0.15) is 16.1 Å². The van der Waals surface area contributed by atoms with Crippen LogP contribution in [-0.2, 0) is 6.61 Å². The Morgan fingerprint density at radius 1 is 1.12 bits per heavy atom. The largest absolute Gasteiger partial charge is 0.487 e. The molecule has 1 heterocycles. The van der Waals surface area contributed by atoms with Crippen LogP contribution in [0.5, 0.6) is 5.75 Å². The van der Waals surface area contributed by atoms with Crippen molar-refractivity contribution < 1.29 is 9.53 Å². The van der Waals surface area contributed by atoms with Crippen LogP contribution in [0.4, 0.5) is 0 Å². The fourth-order valence-electron chi connectivity index (χ4n) is 1.34. The minimum absolute atomic E-state index is 0.367. The number of hydrogen-bond donors (Lipinski definition) is 0. The number of benzene rings is 1. The SMILES string of the molecule is O=Cc1ccccc1OCc1ccccn1. The molecule has 0 N–H and O–H groups in total. The van der Waals surface area contributed by atoms with Gasteiger partial charge < -0.3 is 4.74 Å². The molecule has 0 spiro atoms. The third-order valence-corrected chi connectivity index (χ3v) is 2.15. The van der Waals surface area contributed by atoms with Gasteiger partial charge in [-0.15, -0.1) is 0 Å². The molecule has 0 amide bonds. The van der Waals surface area contributed by atoms with Crippen LogP contribution in [0.15, 0.2) is 48.7 Å². The highest BCUT2D eigenvalue weighted by molar-refractivity contribution is 5.79. The molecule has 0 aliphatic heterocycles. The maximum absolute atomic E-state index is 10.7. The summed E-state index contributed by atoms with van der Waals surface area (Å²) in [4.78, 5) is 14.9. The van der Waals surface area contributed by atoms with E-state index < -0.39 is 0 Å². The van der Waals surface area contributed by atoms with Gasteiger partial charge in [0, 0.05) is 6.20 Å². The molecule has 2 aromatic rings. The van der Waals surface area contributed by atoms with Crippen molar-refractivity contribution in [3.05, 3.63) is 59.9 Å². The topological polar surface area (TPSA) is 39.2 Å². The third-order valence-electron chi connectivity index (χ3n) is 2.15. The molecule has 2 rings (SSSR count). The van der Waals surface area contributed by atoms with E-state index in [1.807, 2.05) is 24.3 Å². The van der Waals surface area contributed by atoms with Gasteiger partial charge in [0.15, 0.2) is 6.29 Å². The zero-order valence-electron chi connectivity index (χ0n) is 8.67. The first-order valence-electron chi connectivity index (χ1n) is 4.97. The van der Waals surface area contributed by atoms with E-state index >= 15 is 0 Å². The maximum Gasteiger partial charge on any atom is 0.153 e. The van der Waals surface area contributed by atoms with Gasteiger partial charge >= 0.3 is 0 Å². The first-order chi connectivity index (χ1) is 7.90. The van der Waals surface area contributed by atoms with Gasteiger partial charge in [-0.1, -0.05) is 18.2 Å². The molecule has 0 atom stereocenters. The molecule has 0 aliphatic carbocycles. The van der Waals surface area contributed by atoms with Gasteiger partial charge in [-0.25, -0.2) is 0 Å². The number of para-hydroxylation sites is 1. The average molecular weight is 213 g/mol. The Labute approximate surface area is 93.7 Å². The first-order valence-corrected chi connectivity index (χ1v) is 4.97. The van der Waals surface area contributed by atoms with E-state index in [0.717, 1.165) is 12.0 Å². The monoisotopic (exact) mass is 213 g/mol. The number of nitrogens with zero attached hydrogens (tertiary/aromatic N) is 1. The van der Waals surface area contributed by atoms with Crippen molar-refractivity contribution >= 4 is 6.29 Å². The van der Waals surface area contributed by atoms with Crippen LogP contribution < -0.4 is 4.74 Å². The van der Waals surface area contributed by atoms with Gasteiger partial charge in [0.25, 0.3) is 0 Å². The summed E-state index contributed by atoms with van der Waals surface area (Å²) < 4.78 is 5.52. The van der Waals surface area contributed by atoms with Crippen molar-refractivity contribution in [2.45, 2.75) is 6.61 Å². The number of aldehydes is 1. The van der Waals surface area contributed by atoms with E-state index in [1.165, 1.54) is 0 Å². The van der Waals surface area contributed by atoms with Crippen LogP contribution in [0, 0.1) is 0 Å². The Bertz CT molecular complexity index is 468. The number of hydrogen-bond acceptors (Lipinski definition) is 3. The summed E-state index contributed by atoms with van der Waals surface area (Å²) in [5.41, 5.74) is 1.39. The molecule has 0 radical (unpaired) electrons. The number of carbonyl (C=O) groups is 1. The van der Waals surface area contributed by atoms with Crippen molar-refractivity contribution in [1.82, 2.24) is 4.98 Å². The zero-order valence-corrected chi connectivity index (χ0v) is 8.67. The van der Waals surface area contributed by atoms with Crippen molar-refractivity contribution in [1.29, 1.82) is 0 Å². The molecule has 0 fully saturated rings. The van der Waals surface area contributed by atoms with Crippen molar-refractivity contribution in [2.75, 3.05) is 0 Å². The predicted molar refractivity (Wildman–Crippen MR) is 60.4 cm³/mol. The van der Waals surface area contributed by atoms with E-state index in [1.54, 1.807) is 24.4 Å². The molecule has 16 heavy (non-hydrogen) atoms. The lowest BCUT2D eigenvalue weighted by Gasteiger charge is -2.07. The van der Waals surface area contributed by atoms with Crippen molar-refractivity contribution in [3.8, 4) is 5.75 Å². The fraction of sp³-hybridized carbons (Fsp3) is 0.0769. The minimum Gasteiger partial charge on any atom is -0.487 e. The number of pyridine rings is 1. The summed E-state index contributed by atoms with van der Waals surface area (Å²) in [6.45, 7) is 0.367. The van der Waals surface area contributed by atoms with Gasteiger partial charge in [0.1, 0.15) is 12.4 Å². The number of aromatic nitrogens is 1. The van der Waals surface area contributed by atoms with Crippen LogP contribution in [0.3, 0.4) is 0 Å². The van der Waals surface area contributed by atoms with E-state index in [4.69, 9.17) is 4.74 Å². The molecule has 3 heteroatoms. The highest BCUT2D eigenvalue weighted by Crippen LogP contribution is 2.16. The van der Waals surface area contributed by atoms with E-state index in [2.05, 4.69) is 4.98 Å². The Morgan fingerprint density at radius 3 is 2.69 bits per heavy atom. The average Bonchev–Trinajstić information content (AvgIpc) is 2.38. The highest BCUT2D eigenvalue weighted by atomic mass is 16.5. The van der Waals surface area contributed by atoms with Crippen LogP contribution >= 0.6 is 0 Å². The molecule has 0 saturated carbocycles. The summed E-state index contributed by atoms with van der Waals surface area (Å²) in [5, 5.41) is 0. The van der Waals surface area contributed by atoms with Gasteiger partial charge in [-0.05, 0) is 24.3 Å². The molecule has 0 unspecified atom stereocenters. The predicted octanol–water partition coefficient (Wildman–Crippen LogP) is 2.47. The summed E-state index contributed by atoms with van der Waals surface area (Å²) in [5.74, 6) is 0.586. The van der Waals surface area contributed by atoms with Crippen molar-refractivity contribution in [3.63, 3.8) is 0 Å². The van der Waals surface area contributed by atoms with E-state index in [9.17, 15) is 4.79 Å². The minimum atomic E-state index is 0.367. The first kappa shape index (κ1) is 10.4. The number of ether oxygens (including phenoxy) is 1. The molecular formula is C13H11NO2. The van der Waals surface area contributed by atoms with Crippen molar-refractivity contribution in [2.24, 2.45) is 0 Å². The van der Waals surface area contributed by atoms with Gasteiger partial charge in [-0.2, -0.15) is 0 Å². The molecule has 0 aliphatic rings. The molecule has 1 aromatic heterocycles. The quantitative estimate of drug-likeness (QED) is 0.732. The molecule has 0 bridgehead atoms. The number of carbonyl (C=O) groups excluding carboxylic acids is 1. The molecule has 80 valence electrons. The molecular weight excluding hydrogens is 202 g/mol. The van der Waals surface area contributed by atoms with Crippen LogP contribution in [0.2, 0.25) is 0 Å². The standard InChI is InChI=1S/C13H11NO2/c15-9-11-5-1-2-7-13(11)16-10-12-6-3-4-8-14-12/h1-9H,10H2. The zero-order chi connectivity index (χ0) is 11.2. The molecule has 1 aromatic carbocycles. The third kappa shape index (κ3) is 2.45. The normalized spacial score (nSPS) is 9.75. The Morgan fingerprint density at radius 2 is 1.94 bits per heavy atom. The number of rotatable bonds is 4. The summed E-state index contributed by atoms with van der Waals surface area (Å²) in [7, 11) is 0. The molecule has 3 nitrogen and oxygen atoms in total.